The molecule has 2 unspecified atom stereocenters. The molecule has 2 aliphatic rings. The van der Waals surface area contributed by atoms with Gasteiger partial charge in [-0.2, -0.15) is 0 Å². The molecule has 2 atom stereocenters. The van der Waals surface area contributed by atoms with Gasteiger partial charge in [-0.1, -0.05) is 25.3 Å². The highest BCUT2D eigenvalue weighted by molar-refractivity contribution is 5.28. The summed E-state index contributed by atoms with van der Waals surface area (Å²) in [5.41, 5.74) is 2.06. The highest BCUT2D eigenvalue weighted by atomic mass is 16.5. The van der Waals surface area contributed by atoms with E-state index in [-0.39, 0.29) is 11.5 Å². The summed E-state index contributed by atoms with van der Waals surface area (Å²) in [7, 11) is 1.76. The van der Waals surface area contributed by atoms with Gasteiger partial charge in [-0.25, -0.2) is 0 Å². The van der Waals surface area contributed by atoms with Crippen molar-refractivity contribution in [2.45, 2.75) is 69.0 Å². The quantitative estimate of drug-likeness (QED) is 0.921. The van der Waals surface area contributed by atoms with Gasteiger partial charge in [0.05, 0.1) is 11.7 Å². The molecule has 1 saturated carbocycles. The topological polar surface area (TPSA) is 42.4 Å². The van der Waals surface area contributed by atoms with E-state index in [4.69, 9.17) is 4.74 Å². The van der Waals surface area contributed by atoms with Crippen LogP contribution in [0.4, 0.5) is 0 Å². The molecule has 1 aromatic rings. The van der Waals surface area contributed by atoms with E-state index in [2.05, 4.69) is 11.1 Å². The predicted octanol–water partition coefficient (Wildman–Crippen LogP) is 3.21. The molecule has 3 nitrogen and oxygen atoms in total. The standard InChI is InChI=1S/C17H25NO2/c1-20-17(10-3-2-4-11-17)16(19)14-9-5-7-13-8-6-12-18-15(13)14/h6,8,12,14,16,19H,2-5,7,9-11H2,1H3. The number of aliphatic hydroxyl groups is 1. The fourth-order valence-corrected chi connectivity index (χ4v) is 4.09. The van der Waals surface area contributed by atoms with Gasteiger partial charge in [0, 0.05) is 24.9 Å². The van der Waals surface area contributed by atoms with Gasteiger partial charge in [-0.15, -0.1) is 0 Å². The van der Waals surface area contributed by atoms with E-state index < -0.39 is 6.10 Å². The Morgan fingerprint density at radius 3 is 2.85 bits per heavy atom. The number of hydrogen-bond donors (Lipinski definition) is 1. The number of nitrogens with zero attached hydrogens (tertiary/aromatic N) is 1. The zero-order valence-corrected chi connectivity index (χ0v) is 12.3. The normalized spacial score (nSPS) is 26.8. The first kappa shape index (κ1) is 14.0. The lowest BCUT2D eigenvalue weighted by Crippen LogP contribution is -2.49. The molecule has 1 heterocycles. The molecule has 110 valence electrons. The van der Waals surface area contributed by atoms with E-state index in [1.807, 2.05) is 12.3 Å². The van der Waals surface area contributed by atoms with Gasteiger partial charge in [0.2, 0.25) is 0 Å². The Balaban J connectivity index is 1.88. The smallest absolute Gasteiger partial charge is 0.0943 e. The van der Waals surface area contributed by atoms with E-state index >= 15 is 0 Å². The summed E-state index contributed by atoms with van der Waals surface area (Å²) in [6.07, 6.45) is 10.2. The van der Waals surface area contributed by atoms with Crippen molar-refractivity contribution in [3.63, 3.8) is 0 Å². The lowest BCUT2D eigenvalue weighted by atomic mass is 9.71. The van der Waals surface area contributed by atoms with Crippen molar-refractivity contribution in [3.8, 4) is 0 Å². The minimum atomic E-state index is -0.429. The van der Waals surface area contributed by atoms with Gasteiger partial charge in [-0.3, -0.25) is 4.98 Å². The molecule has 1 fully saturated rings. The SMILES string of the molecule is COC1(C(O)C2CCCc3cccnc32)CCCCC1. The van der Waals surface area contributed by atoms with Gasteiger partial charge in [0.25, 0.3) is 0 Å². The summed E-state index contributed by atoms with van der Waals surface area (Å²) >= 11 is 0. The number of aryl methyl sites for hydroxylation is 1. The number of hydrogen-bond acceptors (Lipinski definition) is 3. The average molecular weight is 275 g/mol. The Morgan fingerprint density at radius 1 is 1.30 bits per heavy atom. The highest BCUT2D eigenvalue weighted by Crippen LogP contribution is 2.42. The van der Waals surface area contributed by atoms with Crippen molar-refractivity contribution in [2.75, 3.05) is 7.11 Å². The first-order chi connectivity index (χ1) is 9.77. The van der Waals surface area contributed by atoms with Crippen LogP contribution in [0, 0.1) is 0 Å². The molecule has 3 heteroatoms. The second-order valence-electron chi connectivity index (χ2n) is 6.32. The Bertz CT molecular complexity index is 454. The largest absolute Gasteiger partial charge is 0.389 e. The zero-order valence-electron chi connectivity index (χ0n) is 12.3. The van der Waals surface area contributed by atoms with Crippen LogP contribution in [0.2, 0.25) is 0 Å². The molecular weight excluding hydrogens is 250 g/mol. The molecule has 20 heavy (non-hydrogen) atoms. The van der Waals surface area contributed by atoms with E-state index in [1.54, 1.807) is 7.11 Å². The van der Waals surface area contributed by atoms with Crippen LogP contribution in [0.1, 0.15) is 62.1 Å². The third-order valence-corrected chi connectivity index (χ3v) is 5.27. The summed E-state index contributed by atoms with van der Waals surface area (Å²) in [6, 6.07) is 4.15. The summed E-state index contributed by atoms with van der Waals surface area (Å²) in [4.78, 5) is 4.57. The molecule has 1 N–H and O–H groups in total. The van der Waals surface area contributed by atoms with Gasteiger partial charge < -0.3 is 9.84 Å². The van der Waals surface area contributed by atoms with Crippen LogP contribution in [0.15, 0.2) is 18.3 Å². The van der Waals surface area contributed by atoms with Crippen LogP contribution in [0.5, 0.6) is 0 Å². The van der Waals surface area contributed by atoms with Crippen molar-refractivity contribution in [3.05, 3.63) is 29.6 Å². The Kier molecular flexibility index (Phi) is 4.08. The molecule has 2 aliphatic carbocycles. The highest BCUT2D eigenvalue weighted by Gasteiger charge is 2.44. The number of aliphatic hydroxyl groups excluding tert-OH is 1. The monoisotopic (exact) mass is 275 g/mol. The third-order valence-electron chi connectivity index (χ3n) is 5.27. The average Bonchev–Trinajstić information content (AvgIpc) is 2.54. The minimum Gasteiger partial charge on any atom is -0.389 e. The van der Waals surface area contributed by atoms with Crippen molar-refractivity contribution in [1.29, 1.82) is 0 Å². The maximum absolute atomic E-state index is 11.0. The first-order valence-electron chi connectivity index (χ1n) is 7.94. The van der Waals surface area contributed by atoms with Crippen LogP contribution < -0.4 is 0 Å². The Labute approximate surface area is 121 Å². The molecule has 0 radical (unpaired) electrons. The van der Waals surface area contributed by atoms with Crippen LogP contribution in [-0.2, 0) is 11.2 Å². The summed E-state index contributed by atoms with van der Waals surface area (Å²) < 4.78 is 5.83. The molecule has 3 rings (SSSR count). The van der Waals surface area contributed by atoms with Crippen molar-refractivity contribution in [2.24, 2.45) is 0 Å². The molecule has 1 aromatic heterocycles. The number of methoxy groups -OCH3 is 1. The van der Waals surface area contributed by atoms with E-state index in [9.17, 15) is 5.11 Å². The minimum absolute atomic E-state index is 0.137. The van der Waals surface area contributed by atoms with Crippen LogP contribution in [0.25, 0.3) is 0 Å². The van der Waals surface area contributed by atoms with Gasteiger partial charge in [0.1, 0.15) is 0 Å². The molecule has 0 saturated heterocycles. The molecule has 0 amide bonds. The third kappa shape index (κ3) is 2.38. The molecular formula is C17H25NO2. The number of pyridine rings is 1. The summed E-state index contributed by atoms with van der Waals surface area (Å²) in [5, 5.41) is 11.0. The molecule has 0 aromatic carbocycles. The second-order valence-corrected chi connectivity index (χ2v) is 6.32. The van der Waals surface area contributed by atoms with Crippen molar-refractivity contribution >= 4 is 0 Å². The van der Waals surface area contributed by atoms with E-state index in [0.29, 0.717) is 0 Å². The Morgan fingerprint density at radius 2 is 2.10 bits per heavy atom. The molecule has 0 spiro atoms. The first-order valence-corrected chi connectivity index (χ1v) is 7.94. The molecule has 0 bridgehead atoms. The van der Waals surface area contributed by atoms with E-state index in [1.165, 1.54) is 12.0 Å². The molecule has 0 aliphatic heterocycles. The summed E-state index contributed by atoms with van der Waals surface area (Å²) in [6.45, 7) is 0. The lowest BCUT2D eigenvalue weighted by molar-refractivity contribution is -0.133. The number of ether oxygens (including phenoxy) is 1. The maximum Gasteiger partial charge on any atom is 0.0943 e. The lowest BCUT2D eigenvalue weighted by Gasteiger charge is -2.44. The van der Waals surface area contributed by atoms with E-state index in [0.717, 1.165) is 50.6 Å². The van der Waals surface area contributed by atoms with Crippen LogP contribution in [-0.4, -0.2) is 28.9 Å². The van der Waals surface area contributed by atoms with Crippen LogP contribution >= 0.6 is 0 Å². The van der Waals surface area contributed by atoms with Crippen molar-refractivity contribution in [1.82, 2.24) is 4.98 Å². The predicted molar refractivity (Wildman–Crippen MR) is 78.7 cm³/mol. The van der Waals surface area contributed by atoms with Gasteiger partial charge in [-0.05, 0) is 43.7 Å². The number of aromatic nitrogens is 1. The van der Waals surface area contributed by atoms with Crippen molar-refractivity contribution < 1.29 is 9.84 Å². The second kappa shape index (κ2) is 5.82. The Hall–Kier alpha value is -0.930. The van der Waals surface area contributed by atoms with Crippen LogP contribution in [0.3, 0.4) is 0 Å². The fourth-order valence-electron chi connectivity index (χ4n) is 4.09. The van der Waals surface area contributed by atoms with Gasteiger partial charge >= 0.3 is 0 Å². The number of fused-ring (bicyclic) bond motifs is 1. The zero-order chi connectivity index (χ0) is 14.0. The van der Waals surface area contributed by atoms with Gasteiger partial charge in [0.15, 0.2) is 0 Å². The fraction of sp³-hybridized carbons (Fsp3) is 0.706. The number of rotatable bonds is 3. The summed E-state index contributed by atoms with van der Waals surface area (Å²) in [5.74, 6) is 0.137. The maximum atomic E-state index is 11.0.